The summed E-state index contributed by atoms with van der Waals surface area (Å²) in [6.07, 6.45) is 1.84. The van der Waals surface area contributed by atoms with E-state index in [1.165, 1.54) is 54.6 Å². The first kappa shape index (κ1) is 23.9. The molecule has 0 saturated carbocycles. The highest BCUT2D eigenvalue weighted by Crippen LogP contribution is 2.44. The molecule has 0 aliphatic heterocycles. The molecule has 0 saturated heterocycles. The number of nitrogens with zero attached hydrogens (tertiary/aromatic N) is 3. The van der Waals surface area contributed by atoms with Crippen LogP contribution >= 0.6 is 0 Å². The highest BCUT2D eigenvalue weighted by molar-refractivity contribution is 6.21. The van der Waals surface area contributed by atoms with Gasteiger partial charge in [0.25, 0.3) is 0 Å². The quantitative estimate of drug-likeness (QED) is 0.206. The molecule has 2 heterocycles. The molecular weight excluding hydrogens is 522 g/mol. The number of aromatic nitrogens is 3. The molecule has 0 unspecified atom stereocenters. The molecule has 0 aliphatic carbocycles. The lowest BCUT2D eigenvalue weighted by molar-refractivity contribution is 1.14. The van der Waals surface area contributed by atoms with Crippen LogP contribution in [-0.4, -0.2) is 14.4 Å². The zero-order valence-corrected chi connectivity index (χ0v) is 23.3. The second-order valence-electron chi connectivity index (χ2n) is 11.0. The number of para-hydroxylation sites is 2. The Morgan fingerprint density at radius 3 is 1.72 bits per heavy atom. The Kier molecular flexibility index (Phi) is 5.20. The van der Waals surface area contributed by atoms with Crippen molar-refractivity contribution in [3.8, 4) is 33.5 Å². The third-order valence-corrected chi connectivity index (χ3v) is 8.65. The molecule has 9 rings (SSSR count). The van der Waals surface area contributed by atoms with Crippen LogP contribution in [0.4, 0.5) is 0 Å². The van der Waals surface area contributed by atoms with Crippen molar-refractivity contribution in [3.05, 3.63) is 152 Å². The summed E-state index contributed by atoms with van der Waals surface area (Å²) in [4.78, 5) is 9.28. The Bertz CT molecular complexity index is 2450. The first-order chi connectivity index (χ1) is 21.3. The normalized spacial score (nSPS) is 11.7. The second kappa shape index (κ2) is 9.37. The van der Waals surface area contributed by atoms with Crippen molar-refractivity contribution >= 4 is 49.1 Å². The summed E-state index contributed by atoms with van der Waals surface area (Å²) in [6.45, 7) is 0. The van der Waals surface area contributed by atoms with Crippen LogP contribution in [0.25, 0.3) is 82.6 Å². The topological polar surface area (TPSA) is 30.2 Å². The maximum absolute atomic E-state index is 4.74. The predicted octanol–water partition coefficient (Wildman–Crippen LogP) is 10.3. The third-order valence-electron chi connectivity index (χ3n) is 8.65. The summed E-state index contributed by atoms with van der Waals surface area (Å²) in [5.41, 5.74) is 9.18. The molecule has 0 atom stereocenters. The molecule has 0 fully saturated rings. The zero-order chi connectivity index (χ0) is 28.3. The fraction of sp³-hybridized carbons (Fsp3) is 0. The lowest BCUT2D eigenvalue weighted by Gasteiger charge is -2.18. The Morgan fingerprint density at radius 2 is 1.00 bits per heavy atom. The number of imidazole rings is 1. The van der Waals surface area contributed by atoms with E-state index in [1.54, 1.807) is 0 Å². The summed E-state index contributed by atoms with van der Waals surface area (Å²) in [7, 11) is 0. The van der Waals surface area contributed by atoms with Crippen molar-refractivity contribution in [2.24, 2.45) is 0 Å². The van der Waals surface area contributed by atoms with E-state index in [2.05, 4.69) is 137 Å². The second-order valence-corrected chi connectivity index (χ2v) is 11.0. The molecule has 7 aromatic carbocycles. The molecule has 0 amide bonds. The Labute approximate surface area is 248 Å². The van der Waals surface area contributed by atoms with Crippen LogP contribution in [0, 0.1) is 0 Å². The van der Waals surface area contributed by atoms with Crippen molar-refractivity contribution in [3.63, 3.8) is 0 Å². The summed E-state index contributed by atoms with van der Waals surface area (Å²) >= 11 is 0. The van der Waals surface area contributed by atoms with E-state index < -0.39 is 0 Å². The average Bonchev–Trinajstić information content (AvgIpc) is 3.46. The van der Waals surface area contributed by atoms with Crippen molar-refractivity contribution < 1.29 is 0 Å². The maximum atomic E-state index is 4.74. The Balaban J connectivity index is 1.26. The first-order valence-corrected chi connectivity index (χ1v) is 14.6. The van der Waals surface area contributed by atoms with Gasteiger partial charge in [0.2, 0.25) is 5.78 Å². The number of benzene rings is 7. The van der Waals surface area contributed by atoms with Crippen molar-refractivity contribution in [2.45, 2.75) is 0 Å². The van der Waals surface area contributed by atoms with Gasteiger partial charge < -0.3 is 0 Å². The molecule has 9 aromatic rings. The summed E-state index contributed by atoms with van der Waals surface area (Å²) in [5, 5.41) is 7.54. The van der Waals surface area contributed by atoms with Crippen molar-refractivity contribution in [1.82, 2.24) is 14.4 Å². The van der Waals surface area contributed by atoms with E-state index >= 15 is 0 Å². The summed E-state index contributed by atoms with van der Waals surface area (Å²) < 4.78 is 2.15. The fourth-order valence-corrected chi connectivity index (χ4v) is 6.71. The average molecular weight is 548 g/mol. The van der Waals surface area contributed by atoms with E-state index in [0.29, 0.717) is 5.78 Å². The van der Waals surface area contributed by atoms with Gasteiger partial charge in [-0.25, -0.2) is 9.97 Å². The summed E-state index contributed by atoms with van der Waals surface area (Å²) in [6, 6.07) is 52.3. The smallest absolute Gasteiger partial charge is 0.235 e. The van der Waals surface area contributed by atoms with Gasteiger partial charge in [-0.2, -0.15) is 0 Å². The van der Waals surface area contributed by atoms with E-state index in [1.807, 2.05) is 24.4 Å². The predicted molar refractivity (Wildman–Crippen MR) is 179 cm³/mol. The van der Waals surface area contributed by atoms with Gasteiger partial charge in [0.15, 0.2) is 0 Å². The van der Waals surface area contributed by atoms with E-state index in [4.69, 9.17) is 4.98 Å². The highest BCUT2D eigenvalue weighted by Gasteiger charge is 2.17. The molecule has 0 N–H and O–H groups in total. The molecule has 0 radical (unpaired) electrons. The van der Waals surface area contributed by atoms with Gasteiger partial charge in [-0.3, -0.25) is 4.40 Å². The van der Waals surface area contributed by atoms with Crippen molar-refractivity contribution in [2.75, 3.05) is 0 Å². The standard InChI is InChI=1S/C40H25N3/c1-2-10-29-25-30(22-17-26(29)9-1)39-33-13-5-3-11-31(33)38(32-12-4-6-14-34(32)39)28-20-18-27(19-21-28)36-23-24-41-40-42-35-15-7-8-16-37(35)43(36)40/h1-25H. The Hall–Kier alpha value is -5.80. The lowest BCUT2D eigenvalue weighted by atomic mass is 9.85. The Morgan fingerprint density at radius 1 is 0.442 bits per heavy atom. The van der Waals surface area contributed by atoms with Crippen LogP contribution in [0.2, 0.25) is 0 Å². The summed E-state index contributed by atoms with van der Waals surface area (Å²) in [5.74, 6) is 0.712. The van der Waals surface area contributed by atoms with Crippen LogP contribution in [-0.2, 0) is 0 Å². The molecule has 0 spiro atoms. The number of fused-ring (bicyclic) bond motifs is 6. The number of hydrogen-bond donors (Lipinski definition) is 0. The van der Waals surface area contributed by atoms with Crippen LogP contribution in [0.5, 0.6) is 0 Å². The molecule has 3 heteroatoms. The monoisotopic (exact) mass is 547 g/mol. The van der Waals surface area contributed by atoms with E-state index in [9.17, 15) is 0 Å². The van der Waals surface area contributed by atoms with Crippen molar-refractivity contribution in [1.29, 1.82) is 0 Å². The first-order valence-electron chi connectivity index (χ1n) is 14.6. The molecule has 43 heavy (non-hydrogen) atoms. The molecule has 0 bridgehead atoms. The highest BCUT2D eigenvalue weighted by atomic mass is 15.1. The van der Waals surface area contributed by atoms with Gasteiger partial charge in [-0.05, 0) is 84.4 Å². The minimum Gasteiger partial charge on any atom is -0.276 e. The van der Waals surface area contributed by atoms with Gasteiger partial charge in [0, 0.05) is 6.20 Å². The largest absolute Gasteiger partial charge is 0.276 e. The van der Waals surface area contributed by atoms with Gasteiger partial charge in [0.05, 0.1) is 16.7 Å². The lowest BCUT2D eigenvalue weighted by Crippen LogP contribution is -1.94. The minimum absolute atomic E-state index is 0.712. The molecular formula is C40H25N3. The van der Waals surface area contributed by atoms with Gasteiger partial charge in [-0.1, -0.05) is 121 Å². The van der Waals surface area contributed by atoms with Crippen LogP contribution in [0.1, 0.15) is 0 Å². The van der Waals surface area contributed by atoms with Gasteiger partial charge in [0.1, 0.15) is 0 Å². The fourth-order valence-electron chi connectivity index (χ4n) is 6.71. The molecule has 2 aromatic heterocycles. The molecule has 3 nitrogen and oxygen atoms in total. The van der Waals surface area contributed by atoms with E-state index in [-0.39, 0.29) is 0 Å². The number of rotatable bonds is 3. The number of hydrogen-bond acceptors (Lipinski definition) is 2. The van der Waals surface area contributed by atoms with Gasteiger partial charge >= 0.3 is 0 Å². The SMILES string of the molecule is c1ccc2cc(-c3c4ccccc4c(-c4ccc(-c5ccnc6nc7ccccc7n56)cc4)c4ccccc34)ccc2c1. The molecule has 200 valence electrons. The van der Waals surface area contributed by atoms with Crippen LogP contribution in [0.3, 0.4) is 0 Å². The van der Waals surface area contributed by atoms with Gasteiger partial charge in [-0.15, -0.1) is 0 Å². The zero-order valence-electron chi connectivity index (χ0n) is 23.3. The van der Waals surface area contributed by atoms with Crippen LogP contribution in [0.15, 0.2) is 152 Å². The molecule has 0 aliphatic rings. The maximum Gasteiger partial charge on any atom is 0.235 e. The third kappa shape index (κ3) is 3.68. The van der Waals surface area contributed by atoms with E-state index in [0.717, 1.165) is 22.3 Å². The minimum atomic E-state index is 0.712. The van der Waals surface area contributed by atoms with Crippen LogP contribution < -0.4 is 0 Å².